The number of fused-ring (bicyclic) bond motifs is 1. The largest absolute Gasteiger partial charge is 0.508 e. The zero-order valence-corrected chi connectivity index (χ0v) is 13.1. The molecule has 3 rings (SSSR count). The lowest BCUT2D eigenvalue weighted by Crippen LogP contribution is -2.44. The highest BCUT2D eigenvalue weighted by Gasteiger charge is 2.22. The van der Waals surface area contributed by atoms with Crippen LogP contribution in [0.4, 0.5) is 0 Å². The highest BCUT2D eigenvalue weighted by atomic mass is 16.3. The van der Waals surface area contributed by atoms with E-state index in [1.54, 1.807) is 0 Å². The second kappa shape index (κ2) is 6.80. The maximum atomic E-state index is 9.75. The van der Waals surface area contributed by atoms with Gasteiger partial charge in [0.15, 0.2) is 0 Å². The Hall–Kier alpha value is -1.06. The van der Waals surface area contributed by atoms with Crippen LogP contribution in [0.2, 0.25) is 0 Å². The van der Waals surface area contributed by atoms with Crippen LogP contribution in [-0.2, 0) is 6.42 Å². The van der Waals surface area contributed by atoms with E-state index in [4.69, 9.17) is 0 Å². The monoisotopic (exact) mass is 288 g/mol. The standard InChI is InChI=1S/C18H28N2O/c1-14(20-10-3-2-4-11-20)13-19-18-7-5-6-15-8-9-16(21)12-17(15)18/h8-9,12,14,18-19,21H,2-7,10-11,13H2,1H3. The van der Waals surface area contributed by atoms with Gasteiger partial charge < -0.3 is 10.4 Å². The maximum Gasteiger partial charge on any atom is 0.115 e. The molecule has 0 bridgehead atoms. The number of phenolic OH excluding ortho intramolecular Hbond substituents is 1. The van der Waals surface area contributed by atoms with Crippen LogP contribution in [0, 0.1) is 0 Å². The number of benzene rings is 1. The van der Waals surface area contributed by atoms with Crippen molar-refractivity contribution in [1.82, 2.24) is 10.2 Å². The quantitative estimate of drug-likeness (QED) is 0.893. The molecular formula is C18H28N2O. The predicted molar refractivity (Wildman–Crippen MR) is 86.7 cm³/mol. The van der Waals surface area contributed by atoms with Crippen molar-refractivity contribution in [3.63, 3.8) is 0 Å². The van der Waals surface area contributed by atoms with E-state index in [-0.39, 0.29) is 0 Å². The molecule has 0 spiro atoms. The summed E-state index contributed by atoms with van der Waals surface area (Å²) in [6.45, 7) is 5.89. The zero-order chi connectivity index (χ0) is 14.7. The van der Waals surface area contributed by atoms with Crippen molar-refractivity contribution in [1.29, 1.82) is 0 Å². The Bertz CT molecular complexity index is 468. The van der Waals surface area contributed by atoms with Crippen molar-refractivity contribution in [3.8, 4) is 5.75 Å². The topological polar surface area (TPSA) is 35.5 Å². The summed E-state index contributed by atoms with van der Waals surface area (Å²) in [4.78, 5) is 2.61. The minimum absolute atomic E-state index is 0.395. The molecule has 1 heterocycles. The first kappa shape index (κ1) is 14.9. The van der Waals surface area contributed by atoms with Crippen LogP contribution in [0.5, 0.6) is 5.75 Å². The summed E-state index contributed by atoms with van der Waals surface area (Å²) in [5.74, 6) is 0.395. The Morgan fingerprint density at radius 3 is 2.86 bits per heavy atom. The number of hydrogen-bond acceptors (Lipinski definition) is 3. The fourth-order valence-corrected chi connectivity index (χ4v) is 3.80. The number of phenols is 1. The molecule has 2 unspecified atom stereocenters. The molecule has 3 nitrogen and oxygen atoms in total. The lowest BCUT2D eigenvalue weighted by molar-refractivity contribution is 0.167. The summed E-state index contributed by atoms with van der Waals surface area (Å²) in [5, 5.41) is 13.5. The minimum atomic E-state index is 0.395. The summed E-state index contributed by atoms with van der Waals surface area (Å²) >= 11 is 0. The first-order valence-corrected chi connectivity index (χ1v) is 8.53. The Balaban J connectivity index is 1.60. The first-order chi connectivity index (χ1) is 10.2. The molecule has 2 aliphatic rings. The molecule has 0 amide bonds. The van der Waals surface area contributed by atoms with E-state index >= 15 is 0 Å². The Morgan fingerprint density at radius 2 is 2.05 bits per heavy atom. The SMILES string of the molecule is CC(CNC1CCCc2ccc(O)cc21)N1CCCCC1. The number of likely N-dealkylation sites (tertiary alicyclic amines) is 1. The van der Waals surface area contributed by atoms with E-state index in [9.17, 15) is 5.11 Å². The van der Waals surface area contributed by atoms with Gasteiger partial charge in [-0.15, -0.1) is 0 Å². The van der Waals surface area contributed by atoms with Gasteiger partial charge in [0.1, 0.15) is 5.75 Å². The Labute approximate surface area is 128 Å². The molecule has 1 aromatic rings. The third-order valence-corrected chi connectivity index (χ3v) is 5.12. The molecule has 2 atom stereocenters. The average Bonchev–Trinajstić information content (AvgIpc) is 2.53. The lowest BCUT2D eigenvalue weighted by atomic mass is 9.87. The van der Waals surface area contributed by atoms with E-state index in [0.29, 0.717) is 17.8 Å². The maximum absolute atomic E-state index is 9.75. The number of piperidine rings is 1. The fraction of sp³-hybridized carbons (Fsp3) is 0.667. The van der Waals surface area contributed by atoms with Crippen molar-refractivity contribution < 1.29 is 5.11 Å². The van der Waals surface area contributed by atoms with Gasteiger partial charge in [0.05, 0.1) is 0 Å². The molecule has 1 aliphatic carbocycles. The molecular weight excluding hydrogens is 260 g/mol. The van der Waals surface area contributed by atoms with Crippen molar-refractivity contribution >= 4 is 0 Å². The highest BCUT2D eigenvalue weighted by molar-refractivity contribution is 5.38. The Kier molecular flexibility index (Phi) is 4.81. The van der Waals surface area contributed by atoms with E-state index in [2.05, 4.69) is 23.2 Å². The van der Waals surface area contributed by atoms with Crippen molar-refractivity contribution in [2.75, 3.05) is 19.6 Å². The minimum Gasteiger partial charge on any atom is -0.508 e. The van der Waals surface area contributed by atoms with Gasteiger partial charge in [-0.25, -0.2) is 0 Å². The third-order valence-electron chi connectivity index (χ3n) is 5.12. The van der Waals surface area contributed by atoms with Crippen LogP contribution in [-0.4, -0.2) is 35.7 Å². The number of aromatic hydroxyl groups is 1. The second-order valence-electron chi connectivity index (χ2n) is 6.68. The van der Waals surface area contributed by atoms with Crippen molar-refractivity contribution in [2.45, 2.75) is 57.5 Å². The molecule has 1 fully saturated rings. The van der Waals surface area contributed by atoms with Gasteiger partial charge in [0.2, 0.25) is 0 Å². The summed E-state index contributed by atoms with van der Waals surface area (Å²) in [6.07, 6.45) is 7.67. The number of aryl methyl sites for hydroxylation is 1. The predicted octanol–water partition coefficient (Wildman–Crippen LogP) is 3.23. The van der Waals surface area contributed by atoms with Gasteiger partial charge in [-0.3, -0.25) is 4.90 Å². The van der Waals surface area contributed by atoms with Gasteiger partial charge in [0.25, 0.3) is 0 Å². The van der Waals surface area contributed by atoms with Gasteiger partial charge in [-0.1, -0.05) is 12.5 Å². The van der Waals surface area contributed by atoms with Crippen molar-refractivity contribution in [3.05, 3.63) is 29.3 Å². The molecule has 21 heavy (non-hydrogen) atoms. The average molecular weight is 288 g/mol. The third kappa shape index (κ3) is 3.58. The molecule has 1 saturated heterocycles. The highest BCUT2D eigenvalue weighted by Crippen LogP contribution is 2.32. The van der Waals surface area contributed by atoms with Crippen LogP contribution < -0.4 is 5.32 Å². The van der Waals surface area contributed by atoms with Gasteiger partial charge >= 0.3 is 0 Å². The molecule has 3 heteroatoms. The summed E-state index contributed by atoms with van der Waals surface area (Å²) < 4.78 is 0. The van der Waals surface area contributed by atoms with Crippen LogP contribution >= 0.6 is 0 Å². The van der Waals surface area contributed by atoms with Crippen molar-refractivity contribution in [2.24, 2.45) is 0 Å². The van der Waals surface area contributed by atoms with E-state index < -0.39 is 0 Å². The van der Waals surface area contributed by atoms with Crippen LogP contribution in [0.25, 0.3) is 0 Å². The molecule has 1 aromatic carbocycles. The van der Waals surface area contributed by atoms with Crippen LogP contribution in [0.1, 0.15) is 56.2 Å². The molecule has 2 N–H and O–H groups in total. The van der Waals surface area contributed by atoms with Crippen LogP contribution in [0.15, 0.2) is 18.2 Å². The normalized spacial score (nSPS) is 24.5. The first-order valence-electron chi connectivity index (χ1n) is 8.53. The number of hydrogen-bond donors (Lipinski definition) is 2. The van der Waals surface area contributed by atoms with E-state index in [1.165, 1.54) is 56.3 Å². The fourth-order valence-electron chi connectivity index (χ4n) is 3.80. The summed E-state index contributed by atoms with van der Waals surface area (Å²) in [5.41, 5.74) is 2.72. The second-order valence-corrected chi connectivity index (χ2v) is 6.68. The van der Waals surface area contributed by atoms with Gasteiger partial charge in [0, 0.05) is 18.6 Å². The summed E-state index contributed by atoms with van der Waals surface area (Å²) in [6, 6.07) is 6.88. The van der Waals surface area contributed by atoms with Gasteiger partial charge in [-0.05, 0) is 75.4 Å². The number of nitrogens with zero attached hydrogens (tertiary/aromatic N) is 1. The van der Waals surface area contributed by atoms with E-state index in [0.717, 1.165) is 13.0 Å². The summed E-state index contributed by atoms with van der Waals surface area (Å²) in [7, 11) is 0. The van der Waals surface area contributed by atoms with Crippen LogP contribution in [0.3, 0.4) is 0 Å². The smallest absolute Gasteiger partial charge is 0.115 e. The number of rotatable bonds is 4. The van der Waals surface area contributed by atoms with Gasteiger partial charge in [-0.2, -0.15) is 0 Å². The Morgan fingerprint density at radius 1 is 1.24 bits per heavy atom. The molecule has 1 aliphatic heterocycles. The molecule has 0 aromatic heterocycles. The molecule has 0 saturated carbocycles. The van der Waals surface area contributed by atoms with E-state index in [1.807, 2.05) is 12.1 Å². The zero-order valence-electron chi connectivity index (χ0n) is 13.1. The lowest BCUT2D eigenvalue weighted by Gasteiger charge is -2.34. The molecule has 0 radical (unpaired) electrons. The number of nitrogens with one attached hydrogen (secondary N) is 1. The molecule has 116 valence electrons.